The molecular weight excluding hydrogens is 190 g/mol. The van der Waals surface area contributed by atoms with Crippen LogP contribution in [0.3, 0.4) is 0 Å². The highest BCUT2D eigenvalue weighted by Gasteiger charge is 2.16. The first-order valence-electron chi connectivity index (χ1n) is 3.77. The lowest BCUT2D eigenvalue weighted by Crippen LogP contribution is -2.21. The lowest BCUT2D eigenvalue weighted by molar-refractivity contribution is -0.138. The van der Waals surface area contributed by atoms with Crippen molar-refractivity contribution in [1.29, 1.82) is 0 Å². The number of hydrogen-bond acceptors (Lipinski definition) is 2. The van der Waals surface area contributed by atoms with Crippen LogP contribution in [0, 0.1) is 6.92 Å². The van der Waals surface area contributed by atoms with Crippen molar-refractivity contribution in [1.82, 2.24) is 0 Å². The Kier molecular flexibility index (Phi) is 2.90. The summed E-state index contributed by atoms with van der Waals surface area (Å²) in [6.07, 6.45) is 0. The Bertz CT molecular complexity index is 338. The van der Waals surface area contributed by atoms with E-state index in [9.17, 15) is 4.79 Å². The molecule has 0 aromatic heterocycles. The number of rotatable bonds is 2. The average molecular weight is 200 g/mol. The Morgan fingerprint density at radius 3 is 2.77 bits per heavy atom. The molecule has 0 bridgehead atoms. The first kappa shape index (κ1) is 10.0. The van der Waals surface area contributed by atoms with Crippen LogP contribution in [0.1, 0.15) is 17.2 Å². The van der Waals surface area contributed by atoms with Gasteiger partial charge in [0, 0.05) is 5.02 Å². The molecule has 3 N–H and O–H groups in total. The van der Waals surface area contributed by atoms with Crippen molar-refractivity contribution in [2.45, 2.75) is 13.0 Å². The first-order valence-corrected chi connectivity index (χ1v) is 4.14. The van der Waals surface area contributed by atoms with Gasteiger partial charge in [-0.1, -0.05) is 17.7 Å². The van der Waals surface area contributed by atoms with Gasteiger partial charge in [-0.05, 0) is 30.2 Å². The van der Waals surface area contributed by atoms with Crippen molar-refractivity contribution in [3.63, 3.8) is 0 Å². The maximum absolute atomic E-state index is 10.6. The molecule has 0 heterocycles. The molecule has 0 saturated carbocycles. The Morgan fingerprint density at radius 1 is 1.62 bits per heavy atom. The van der Waals surface area contributed by atoms with E-state index in [1.807, 2.05) is 0 Å². The zero-order chi connectivity index (χ0) is 10.0. The highest BCUT2D eigenvalue weighted by molar-refractivity contribution is 6.30. The summed E-state index contributed by atoms with van der Waals surface area (Å²) in [6, 6.07) is 4.03. The fourth-order valence-corrected chi connectivity index (χ4v) is 1.26. The number of carboxylic acids is 1. The molecule has 0 aliphatic rings. The van der Waals surface area contributed by atoms with Crippen molar-refractivity contribution in [3.05, 3.63) is 34.3 Å². The summed E-state index contributed by atoms with van der Waals surface area (Å²) in [5, 5.41) is 9.18. The minimum atomic E-state index is -1.05. The van der Waals surface area contributed by atoms with Crippen molar-refractivity contribution < 1.29 is 9.90 Å². The van der Waals surface area contributed by atoms with E-state index in [4.69, 9.17) is 22.4 Å². The Balaban J connectivity index is 3.12. The zero-order valence-electron chi connectivity index (χ0n) is 7.12. The number of carboxylic acid groups (broad SMARTS) is 1. The molecule has 0 fully saturated rings. The number of nitrogens with two attached hydrogens (primary N) is 1. The van der Waals surface area contributed by atoms with Gasteiger partial charge in [-0.3, -0.25) is 4.79 Å². The highest BCUT2D eigenvalue weighted by Crippen LogP contribution is 2.20. The van der Waals surface area contributed by atoms with Gasteiger partial charge in [-0.25, -0.2) is 0 Å². The van der Waals surface area contributed by atoms with E-state index < -0.39 is 12.0 Å². The van der Waals surface area contributed by atoms with Crippen LogP contribution in [-0.4, -0.2) is 11.1 Å². The van der Waals surface area contributed by atoms with E-state index in [0.717, 1.165) is 5.56 Å². The van der Waals surface area contributed by atoms with Crippen LogP contribution in [0.2, 0.25) is 5.02 Å². The van der Waals surface area contributed by atoms with E-state index >= 15 is 0 Å². The summed E-state index contributed by atoms with van der Waals surface area (Å²) in [7, 11) is 0. The number of aryl methyl sites for hydroxylation is 1. The maximum atomic E-state index is 10.6. The Hall–Kier alpha value is -1.06. The molecule has 4 heteroatoms. The van der Waals surface area contributed by atoms with Gasteiger partial charge in [0.1, 0.15) is 6.04 Å². The molecule has 1 atom stereocenters. The normalized spacial score (nSPS) is 12.5. The third kappa shape index (κ3) is 2.20. The first-order chi connectivity index (χ1) is 6.02. The van der Waals surface area contributed by atoms with E-state index in [1.165, 1.54) is 0 Å². The van der Waals surface area contributed by atoms with Crippen LogP contribution in [0.5, 0.6) is 0 Å². The zero-order valence-corrected chi connectivity index (χ0v) is 7.88. The molecule has 13 heavy (non-hydrogen) atoms. The summed E-state index contributed by atoms with van der Waals surface area (Å²) in [5.41, 5.74) is 6.84. The molecule has 0 aliphatic carbocycles. The molecule has 0 aliphatic heterocycles. The van der Waals surface area contributed by atoms with Gasteiger partial charge in [-0.15, -0.1) is 0 Å². The number of aliphatic carboxylic acids is 1. The van der Waals surface area contributed by atoms with Crippen molar-refractivity contribution in [2.75, 3.05) is 0 Å². The molecule has 3 nitrogen and oxygen atoms in total. The smallest absolute Gasteiger partial charge is 0.325 e. The SMILES string of the molecule is Cc1ccc(Cl)cc1[C@@H](N)C(=O)O. The molecular formula is C9H10ClNO2. The van der Waals surface area contributed by atoms with Gasteiger partial charge in [0.2, 0.25) is 0 Å². The number of halogens is 1. The standard InChI is InChI=1S/C9H10ClNO2/c1-5-2-3-6(10)4-7(5)8(11)9(12)13/h2-4,8H,11H2,1H3,(H,12,13)/t8-/m1/s1. The molecule has 0 unspecified atom stereocenters. The van der Waals surface area contributed by atoms with Crippen LogP contribution in [0.25, 0.3) is 0 Å². The number of hydrogen-bond donors (Lipinski definition) is 2. The van der Waals surface area contributed by atoms with Crippen LogP contribution in [-0.2, 0) is 4.79 Å². The lowest BCUT2D eigenvalue weighted by atomic mass is 10.0. The second-order valence-corrected chi connectivity index (χ2v) is 3.25. The number of benzene rings is 1. The molecule has 0 radical (unpaired) electrons. The van der Waals surface area contributed by atoms with Crippen molar-refractivity contribution in [2.24, 2.45) is 5.73 Å². The van der Waals surface area contributed by atoms with Gasteiger partial charge in [0.15, 0.2) is 0 Å². The Labute approximate surface area is 81.1 Å². The predicted molar refractivity (Wildman–Crippen MR) is 50.8 cm³/mol. The fourth-order valence-electron chi connectivity index (χ4n) is 1.08. The van der Waals surface area contributed by atoms with Gasteiger partial charge < -0.3 is 10.8 Å². The van der Waals surface area contributed by atoms with Gasteiger partial charge in [-0.2, -0.15) is 0 Å². The van der Waals surface area contributed by atoms with Crippen LogP contribution in [0.15, 0.2) is 18.2 Å². The van der Waals surface area contributed by atoms with Gasteiger partial charge >= 0.3 is 5.97 Å². The van der Waals surface area contributed by atoms with E-state index in [-0.39, 0.29) is 0 Å². The van der Waals surface area contributed by atoms with Crippen LogP contribution in [0.4, 0.5) is 0 Å². The molecule has 1 aromatic carbocycles. The summed E-state index contributed by atoms with van der Waals surface area (Å²) in [5.74, 6) is -1.05. The Morgan fingerprint density at radius 2 is 2.23 bits per heavy atom. The summed E-state index contributed by atoms with van der Waals surface area (Å²) in [6.45, 7) is 1.80. The third-order valence-corrected chi connectivity index (χ3v) is 2.08. The van der Waals surface area contributed by atoms with Crippen molar-refractivity contribution >= 4 is 17.6 Å². The van der Waals surface area contributed by atoms with Crippen molar-refractivity contribution in [3.8, 4) is 0 Å². The monoisotopic (exact) mass is 199 g/mol. The second kappa shape index (κ2) is 3.77. The predicted octanol–water partition coefficient (Wildman–Crippen LogP) is 1.73. The second-order valence-electron chi connectivity index (χ2n) is 2.82. The van der Waals surface area contributed by atoms with E-state index in [2.05, 4.69) is 0 Å². The highest BCUT2D eigenvalue weighted by atomic mass is 35.5. The van der Waals surface area contributed by atoms with E-state index in [1.54, 1.807) is 25.1 Å². The summed E-state index contributed by atoms with van der Waals surface area (Å²) in [4.78, 5) is 10.6. The molecule has 0 amide bonds. The van der Waals surface area contributed by atoms with Gasteiger partial charge in [0.05, 0.1) is 0 Å². The quantitative estimate of drug-likeness (QED) is 0.763. The van der Waals surface area contributed by atoms with Gasteiger partial charge in [0.25, 0.3) is 0 Å². The largest absolute Gasteiger partial charge is 0.480 e. The topological polar surface area (TPSA) is 63.3 Å². The molecule has 1 aromatic rings. The number of carbonyl (C=O) groups is 1. The average Bonchev–Trinajstić information content (AvgIpc) is 2.08. The molecule has 70 valence electrons. The minimum Gasteiger partial charge on any atom is -0.480 e. The minimum absolute atomic E-state index is 0.498. The lowest BCUT2D eigenvalue weighted by Gasteiger charge is -2.10. The molecule has 1 rings (SSSR count). The van der Waals surface area contributed by atoms with E-state index in [0.29, 0.717) is 10.6 Å². The summed E-state index contributed by atoms with van der Waals surface area (Å²) < 4.78 is 0. The fraction of sp³-hybridized carbons (Fsp3) is 0.222. The van der Waals surface area contributed by atoms with Crippen LogP contribution < -0.4 is 5.73 Å². The molecule has 0 spiro atoms. The third-order valence-electron chi connectivity index (χ3n) is 1.84. The molecule has 0 saturated heterocycles. The maximum Gasteiger partial charge on any atom is 0.325 e. The summed E-state index contributed by atoms with van der Waals surface area (Å²) >= 11 is 5.72. The van der Waals surface area contributed by atoms with Crippen LogP contribution >= 0.6 is 11.6 Å².